The third-order valence-corrected chi connectivity index (χ3v) is 4.02. The number of rotatable bonds is 4. The number of H-pyrrole nitrogens is 1. The van der Waals surface area contributed by atoms with Crippen LogP contribution >= 0.6 is 0 Å². The molecular weight excluding hydrogens is 362 g/mol. The van der Waals surface area contributed by atoms with Gasteiger partial charge in [-0.3, -0.25) is 9.89 Å². The highest BCUT2D eigenvalue weighted by Crippen LogP contribution is 2.35. The molecule has 0 fully saturated rings. The number of anilines is 1. The van der Waals surface area contributed by atoms with Crippen LogP contribution in [0.25, 0.3) is 11.3 Å². The van der Waals surface area contributed by atoms with Crippen molar-refractivity contribution in [2.24, 2.45) is 0 Å². The number of carbonyl (C=O) groups excluding carboxylic acids is 1. The normalized spacial score (nSPS) is 11.4. The van der Waals surface area contributed by atoms with Gasteiger partial charge in [0.2, 0.25) is 0 Å². The van der Waals surface area contributed by atoms with Crippen LogP contribution in [0.1, 0.15) is 28.5 Å². The number of aryl methyl sites for hydroxylation is 1. The van der Waals surface area contributed by atoms with Crippen molar-refractivity contribution in [1.29, 1.82) is 0 Å². The number of amides is 1. The molecule has 0 atom stereocenters. The first kappa shape index (κ1) is 18.6. The molecule has 3 rings (SSSR count). The number of aromatic nitrogens is 2. The topological polar surface area (TPSA) is 57.8 Å². The van der Waals surface area contributed by atoms with Gasteiger partial charge >= 0.3 is 6.18 Å². The minimum atomic E-state index is -4.50. The molecule has 2 N–H and O–H groups in total. The van der Waals surface area contributed by atoms with Crippen LogP contribution in [0, 0.1) is 5.82 Å². The number of carbonyl (C=O) groups is 1. The van der Waals surface area contributed by atoms with Crippen molar-refractivity contribution in [2.75, 3.05) is 5.32 Å². The minimum Gasteiger partial charge on any atom is -0.318 e. The first-order valence-electron chi connectivity index (χ1n) is 8.12. The highest BCUT2D eigenvalue weighted by Gasteiger charge is 2.31. The van der Waals surface area contributed by atoms with Crippen molar-refractivity contribution in [2.45, 2.75) is 19.5 Å². The lowest BCUT2D eigenvalue weighted by molar-refractivity contribution is -0.137. The molecule has 3 aromatic rings. The second-order valence-electron chi connectivity index (χ2n) is 5.79. The molecule has 0 aliphatic rings. The number of hydrogen-bond donors (Lipinski definition) is 2. The van der Waals surface area contributed by atoms with Crippen molar-refractivity contribution >= 4 is 11.6 Å². The SMILES string of the molecule is CCc1[nH]nc(-c2cccc(C(F)(F)F)c2)c1NC(=O)c1ccccc1F. The lowest BCUT2D eigenvalue weighted by Gasteiger charge is -2.10. The summed E-state index contributed by atoms with van der Waals surface area (Å²) in [7, 11) is 0. The lowest BCUT2D eigenvalue weighted by Crippen LogP contribution is -2.15. The molecule has 0 saturated heterocycles. The fourth-order valence-corrected chi connectivity index (χ4v) is 2.65. The molecule has 0 spiro atoms. The Bertz CT molecular complexity index is 979. The fourth-order valence-electron chi connectivity index (χ4n) is 2.65. The van der Waals surface area contributed by atoms with E-state index in [1.165, 1.54) is 30.3 Å². The van der Waals surface area contributed by atoms with E-state index in [9.17, 15) is 22.4 Å². The van der Waals surface area contributed by atoms with E-state index in [4.69, 9.17) is 0 Å². The molecule has 0 bridgehead atoms. The smallest absolute Gasteiger partial charge is 0.318 e. The van der Waals surface area contributed by atoms with Gasteiger partial charge in [0.25, 0.3) is 5.91 Å². The Balaban J connectivity index is 2.01. The van der Waals surface area contributed by atoms with Gasteiger partial charge in [-0.05, 0) is 30.7 Å². The molecule has 2 aromatic carbocycles. The van der Waals surface area contributed by atoms with Crippen LogP contribution in [0.4, 0.5) is 23.2 Å². The van der Waals surface area contributed by atoms with Gasteiger partial charge < -0.3 is 5.32 Å². The first-order valence-corrected chi connectivity index (χ1v) is 8.12. The van der Waals surface area contributed by atoms with E-state index in [0.29, 0.717) is 12.1 Å². The molecule has 0 aliphatic heterocycles. The summed E-state index contributed by atoms with van der Waals surface area (Å²) in [4.78, 5) is 12.4. The Hall–Kier alpha value is -3.16. The Morgan fingerprint density at radius 3 is 2.56 bits per heavy atom. The summed E-state index contributed by atoms with van der Waals surface area (Å²) in [5, 5.41) is 9.33. The van der Waals surface area contributed by atoms with Gasteiger partial charge in [0.1, 0.15) is 11.5 Å². The zero-order valence-electron chi connectivity index (χ0n) is 14.2. The van der Waals surface area contributed by atoms with E-state index in [2.05, 4.69) is 15.5 Å². The van der Waals surface area contributed by atoms with Gasteiger partial charge in [-0.15, -0.1) is 0 Å². The summed E-state index contributed by atoms with van der Waals surface area (Å²) in [6.45, 7) is 1.79. The van der Waals surface area contributed by atoms with Crippen LogP contribution in [0.3, 0.4) is 0 Å². The number of nitrogens with one attached hydrogen (secondary N) is 2. The highest BCUT2D eigenvalue weighted by atomic mass is 19.4. The average molecular weight is 377 g/mol. The van der Waals surface area contributed by atoms with Crippen LogP contribution in [0.5, 0.6) is 0 Å². The number of aromatic amines is 1. The molecule has 0 saturated carbocycles. The van der Waals surface area contributed by atoms with Gasteiger partial charge in [-0.2, -0.15) is 18.3 Å². The fraction of sp³-hybridized carbons (Fsp3) is 0.158. The Morgan fingerprint density at radius 2 is 1.89 bits per heavy atom. The van der Waals surface area contributed by atoms with Gasteiger partial charge in [-0.1, -0.05) is 31.2 Å². The van der Waals surface area contributed by atoms with Crippen molar-refractivity contribution in [1.82, 2.24) is 10.2 Å². The number of halogens is 4. The molecule has 140 valence electrons. The Morgan fingerprint density at radius 1 is 1.15 bits per heavy atom. The molecule has 1 aromatic heterocycles. The molecule has 1 heterocycles. The molecule has 27 heavy (non-hydrogen) atoms. The van der Waals surface area contributed by atoms with E-state index >= 15 is 0 Å². The van der Waals surface area contributed by atoms with Crippen molar-refractivity contribution in [3.63, 3.8) is 0 Å². The maximum atomic E-state index is 13.8. The third-order valence-electron chi connectivity index (χ3n) is 4.02. The minimum absolute atomic E-state index is 0.155. The monoisotopic (exact) mass is 377 g/mol. The largest absolute Gasteiger partial charge is 0.416 e. The maximum absolute atomic E-state index is 13.8. The molecule has 8 heteroatoms. The van der Waals surface area contributed by atoms with E-state index in [1.54, 1.807) is 6.92 Å². The van der Waals surface area contributed by atoms with Gasteiger partial charge in [-0.25, -0.2) is 4.39 Å². The number of benzene rings is 2. The molecule has 0 aliphatic carbocycles. The van der Waals surface area contributed by atoms with Crippen LogP contribution in [-0.2, 0) is 12.6 Å². The highest BCUT2D eigenvalue weighted by molar-refractivity contribution is 6.06. The van der Waals surface area contributed by atoms with Gasteiger partial charge in [0, 0.05) is 5.56 Å². The standard InChI is InChI=1S/C19H15F4N3O/c1-2-15-17(24-18(27)13-8-3-4-9-14(13)20)16(26-25-15)11-6-5-7-12(10-11)19(21,22)23/h3-10H,2H2,1H3,(H,24,27)(H,25,26). The van der Waals surface area contributed by atoms with Crippen molar-refractivity contribution in [3.05, 3.63) is 71.2 Å². The van der Waals surface area contributed by atoms with E-state index in [1.807, 2.05) is 0 Å². The number of alkyl halides is 3. The quantitative estimate of drug-likeness (QED) is 0.625. The zero-order valence-corrected chi connectivity index (χ0v) is 14.2. The van der Waals surface area contributed by atoms with E-state index in [-0.39, 0.29) is 22.5 Å². The van der Waals surface area contributed by atoms with Gasteiger partial charge in [0.15, 0.2) is 0 Å². The molecule has 1 amide bonds. The number of hydrogen-bond acceptors (Lipinski definition) is 2. The summed E-state index contributed by atoms with van der Waals surface area (Å²) in [6, 6.07) is 10.1. The number of nitrogens with zero attached hydrogens (tertiary/aromatic N) is 1. The summed E-state index contributed by atoms with van der Waals surface area (Å²) in [6.07, 6.45) is -4.06. The van der Waals surface area contributed by atoms with Crippen molar-refractivity contribution < 1.29 is 22.4 Å². The second-order valence-corrected chi connectivity index (χ2v) is 5.79. The molecule has 0 radical (unpaired) electrons. The predicted molar refractivity (Wildman–Crippen MR) is 92.8 cm³/mol. The summed E-state index contributed by atoms with van der Waals surface area (Å²) in [5.41, 5.74) is 0.0904. The predicted octanol–water partition coefficient (Wildman–Crippen LogP) is 5.05. The molecule has 0 unspecified atom stereocenters. The van der Waals surface area contributed by atoms with Crippen LogP contribution in [0.2, 0.25) is 0 Å². The first-order chi connectivity index (χ1) is 12.8. The van der Waals surface area contributed by atoms with Crippen LogP contribution in [0.15, 0.2) is 48.5 Å². The third kappa shape index (κ3) is 3.84. The van der Waals surface area contributed by atoms with Crippen molar-refractivity contribution in [3.8, 4) is 11.3 Å². The van der Waals surface area contributed by atoms with Gasteiger partial charge in [0.05, 0.1) is 22.5 Å². The zero-order chi connectivity index (χ0) is 19.6. The summed E-state index contributed by atoms with van der Waals surface area (Å²) >= 11 is 0. The maximum Gasteiger partial charge on any atom is 0.416 e. The second kappa shape index (κ2) is 7.22. The Labute approximate surface area is 152 Å². The summed E-state index contributed by atoms with van der Waals surface area (Å²) < 4.78 is 52.8. The summed E-state index contributed by atoms with van der Waals surface area (Å²) in [5.74, 6) is -1.41. The lowest BCUT2D eigenvalue weighted by atomic mass is 10.1. The van der Waals surface area contributed by atoms with E-state index in [0.717, 1.165) is 18.2 Å². The Kier molecular flexibility index (Phi) is 4.98. The van der Waals surface area contributed by atoms with Crippen LogP contribution in [-0.4, -0.2) is 16.1 Å². The van der Waals surface area contributed by atoms with E-state index < -0.39 is 23.5 Å². The molecule has 4 nitrogen and oxygen atoms in total. The van der Waals surface area contributed by atoms with Crippen LogP contribution < -0.4 is 5.32 Å². The average Bonchev–Trinajstić information content (AvgIpc) is 3.04. The molecular formula is C19H15F4N3O.